The molecule has 1 saturated heterocycles. The summed E-state index contributed by atoms with van der Waals surface area (Å²) in [7, 11) is 3.19. The summed E-state index contributed by atoms with van der Waals surface area (Å²) in [6, 6.07) is 17.5. The average Bonchev–Trinajstić information content (AvgIpc) is 2.76. The predicted molar refractivity (Wildman–Crippen MR) is 117 cm³/mol. The van der Waals surface area contributed by atoms with E-state index in [2.05, 4.69) is 22.4 Å². The van der Waals surface area contributed by atoms with Crippen LogP contribution in [0.4, 0.5) is 5.69 Å². The quantitative estimate of drug-likeness (QED) is 0.758. The molecule has 7 heteroatoms. The molecule has 0 radical (unpaired) electrons. The monoisotopic (exact) mass is 411 g/mol. The van der Waals surface area contributed by atoms with Gasteiger partial charge in [0.2, 0.25) is 11.8 Å². The van der Waals surface area contributed by atoms with Gasteiger partial charge in [0.1, 0.15) is 5.75 Å². The highest BCUT2D eigenvalue weighted by molar-refractivity contribution is 8.15. The lowest BCUT2D eigenvalue weighted by Gasteiger charge is -2.31. The molecular formula is C22H25N3O3S. The lowest BCUT2D eigenvalue weighted by molar-refractivity contribution is -0.130. The zero-order chi connectivity index (χ0) is 20.6. The molecular weight excluding hydrogens is 386 g/mol. The molecule has 1 fully saturated rings. The maximum Gasteiger partial charge on any atom is 0.233 e. The van der Waals surface area contributed by atoms with Crippen LogP contribution in [-0.4, -0.2) is 47.8 Å². The van der Waals surface area contributed by atoms with Crippen molar-refractivity contribution in [2.24, 2.45) is 4.99 Å². The number of thioether (sulfide) groups is 1. The Balaban J connectivity index is 1.77. The zero-order valence-corrected chi connectivity index (χ0v) is 17.4. The number of ether oxygens (including phenoxy) is 1. The Kier molecular flexibility index (Phi) is 7.30. The van der Waals surface area contributed by atoms with Crippen molar-refractivity contribution in [3.05, 3.63) is 60.2 Å². The number of amidine groups is 1. The van der Waals surface area contributed by atoms with E-state index >= 15 is 0 Å². The average molecular weight is 412 g/mol. The summed E-state index contributed by atoms with van der Waals surface area (Å²) in [5.74, 6) is 0.511. The number of hydrogen-bond acceptors (Lipinski definition) is 5. The molecule has 0 saturated carbocycles. The molecule has 152 valence electrons. The van der Waals surface area contributed by atoms with Crippen LogP contribution in [0.1, 0.15) is 18.4 Å². The molecule has 2 aromatic carbocycles. The van der Waals surface area contributed by atoms with Crippen molar-refractivity contribution >= 4 is 34.4 Å². The largest absolute Gasteiger partial charge is 0.497 e. The van der Waals surface area contributed by atoms with E-state index in [0.717, 1.165) is 18.6 Å². The summed E-state index contributed by atoms with van der Waals surface area (Å²) in [6.45, 7) is 0.566. The van der Waals surface area contributed by atoms with Crippen LogP contribution in [0.5, 0.6) is 5.75 Å². The Labute approximate surface area is 175 Å². The number of nitrogens with one attached hydrogen (secondary N) is 1. The van der Waals surface area contributed by atoms with Crippen molar-refractivity contribution in [2.45, 2.75) is 24.5 Å². The number of benzene rings is 2. The van der Waals surface area contributed by atoms with Crippen LogP contribution >= 0.6 is 11.8 Å². The summed E-state index contributed by atoms with van der Waals surface area (Å²) < 4.78 is 5.18. The SMILES string of the molecule is CNC(=O)[C@H]1CC(=O)N(CCCc2ccccc2)C(=Nc2ccc(OC)cc2)S1. The molecule has 0 spiro atoms. The van der Waals surface area contributed by atoms with Crippen LogP contribution in [0.25, 0.3) is 0 Å². The van der Waals surface area contributed by atoms with Gasteiger partial charge in [-0.05, 0) is 42.7 Å². The molecule has 0 aromatic heterocycles. The fraction of sp³-hybridized carbons (Fsp3) is 0.318. The molecule has 3 rings (SSSR count). The molecule has 2 aromatic rings. The zero-order valence-electron chi connectivity index (χ0n) is 16.6. The van der Waals surface area contributed by atoms with Crippen LogP contribution in [0.15, 0.2) is 59.6 Å². The van der Waals surface area contributed by atoms with E-state index in [9.17, 15) is 9.59 Å². The minimum absolute atomic E-state index is 0.0716. The molecule has 2 amide bonds. The molecule has 1 atom stereocenters. The fourth-order valence-corrected chi connectivity index (χ4v) is 4.26. The van der Waals surface area contributed by atoms with Gasteiger partial charge in [0.25, 0.3) is 0 Å². The lowest BCUT2D eigenvalue weighted by atomic mass is 10.1. The first-order valence-electron chi connectivity index (χ1n) is 9.56. The molecule has 0 aliphatic carbocycles. The predicted octanol–water partition coefficient (Wildman–Crippen LogP) is 3.40. The lowest BCUT2D eigenvalue weighted by Crippen LogP contribution is -2.46. The van der Waals surface area contributed by atoms with Gasteiger partial charge >= 0.3 is 0 Å². The summed E-state index contributed by atoms with van der Waals surface area (Å²) in [5, 5.41) is 2.73. The van der Waals surface area contributed by atoms with E-state index in [1.54, 1.807) is 19.1 Å². The van der Waals surface area contributed by atoms with Gasteiger partial charge in [0.05, 0.1) is 18.0 Å². The second kappa shape index (κ2) is 10.1. The number of rotatable bonds is 7. The number of aryl methyl sites for hydroxylation is 1. The topological polar surface area (TPSA) is 71.0 Å². The first-order valence-corrected chi connectivity index (χ1v) is 10.4. The molecule has 1 aliphatic rings. The van der Waals surface area contributed by atoms with Gasteiger partial charge in [-0.1, -0.05) is 42.1 Å². The van der Waals surface area contributed by atoms with Crippen LogP contribution in [0.3, 0.4) is 0 Å². The highest BCUT2D eigenvalue weighted by atomic mass is 32.2. The smallest absolute Gasteiger partial charge is 0.233 e. The van der Waals surface area contributed by atoms with Gasteiger partial charge in [0.15, 0.2) is 5.17 Å². The highest BCUT2D eigenvalue weighted by Crippen LogP contribution is 2.30. The van der Waals surface area contributed by atoms with E-state index in [4.69, 9.17) is 4.74 Å². The van der Waals surface area contributed by atoms with Crippen LogP contribution in [0.2, 0.25) is 0 Å². The number of carbonyl (C=O) groups is 2. The van der Waals surface area contributed by atoms with Crippen molar-refractivity contribution in [3.63, 3.8) is 0 Å². The highest BCUT2D eigenvalue weighted by Gasteiger charge is 2.35. The second-order valence-electron chi connectivity index (χ2n) is 6.65. The summed E-state index contributed by atoms with van der Waals surface area (Å²) in [6.07, 6.45) is 1.88. The summed E-state index contributed by atoms with van der Waals surface area (Å²) in [4.78, 5) is 31.3. The first kappa shape index (κ1) is 20.9. The van der Waals surface area contributed by atoms with Gasteiger partial charge in [-0.25, -0.2) is 4.99 Å². The van der Waals surface area contributed by atoms with E-state index in [1.807, 2.05) is 42.5 Å². The third kappa shape index (κ3) is 5.60. The van der Waals surface area contributed by atoms with E-state index in [0.29, 0.717) is 17.4 Å². The minimum Gasteiger partial charge on any atom is -0.497 e. The number of carbonyl (C=O) groups excluding carboxylic acids is 2. The summed E-state index contributed by atoms with van der Waals surface area (Å²) >= 11 is 1.34. The molecule has 1 N–H and O–H groups in total. The van der Waals surface area contributed by atoms with Crippen LogP contribution in [0, 0.1) is 0 Å². The van der Waals surface area contributed by atoms with Gasteiger partial charge in [-0.3, -0.25) is 14.5 Å². The minimum atomic E-state index is -0.463. The Bertz CT molecular complexity index is 869. The number of aliphatic imine (C=N–C) groups is 1. The van der Waals surface area contributed by atoms with Crippen LogP contribution in [-0.2, 0) is 16.0 Å². The molecule has 1 aliphatic heterocycles. The van der Waals surface area contributed by atoms with Gasteiger partial charge < -0.3 is 10.1 Å². The number of methoxy groups -OCH3 is 1. The van der Waals surface area contributed by atoms with Crippen molar-refractivity contribution in [1.82, 2.24) is 10.2 Å². The fourth-order valence-electron chi connectivity index (χ4n) is 3.08. The van der Waals surface area contributed by atoms with Crippen molar-refractivity contribution < 1.29 is 14.3 Å². The van der Waals surface area contributed by atoms with E-state index in [1.165, 1.54) is 17.3 Å². The van der Waals surface area contributed by atoms with Gasteiger partial charge in [-0.15, -0.1) is 0 Å². The Morgan fingerprint density at radius 1 is 1.21 bits per heavy atom. The van der Waals surface area contributed by atoms with E-state index in [-0.39, 0.29) is 18.2 Å². The van der Waals surface area contributed by atoms with E-state index < -0.39 is 5.25 Å². The van der Waals surface area contributed by atoms with Gasteiger partial charge in [-0.2, -0.15) is 0 Å². The Morgan fingerprint density at radius 3 is 2.59 bits per heavy atom. The Morgan fingerprint density at radius 2 is 1.93 bits per heavy atom. The second-order valence-corrected chi connectivity index (χ2v) is 7.82. The van der Waals surface area contributed by atoms with Crippen molar-refractivity contribution in [1.29, 1.82) is 0 Å². The summed E-state index contributed by atoms with van der Waals surface area (Å²) in [5.41, 5.74) is 1.95. The molecule has 0 bridgehead atoms. The van der Waals surface area contributed by atoms with Crippen molar-refractivity contribution in [2.75, 3.05) is 20.7 Å². The number of nitrogens with zero attached hydrogens (tertiary/aromatic N) is 2. The Hall–Kier alpha value is -2.80. The normalized spacial score (nSPS) is 18.0. The standard InChI is InChI=1S/C22H25N3O3S/c1-23-21(27)19-15-20(26)25(14-6-9-16-7-4-3-5-8-16)22(29-19)24-17-10-12-18(28-2)13-11-17/h3-5,7-8,10-13,19H,6,9,14-15H2,1-2H3,(H,23,27)/t19-/m1/s1. The third-order valence-corrected chi connectivity index (χ3v) is 5.85. The number of amides is 2. The molecule has 0 unspecified atom stereocenters. The first-order chi connectivity index (χ1) is 14.1. The maximum atomic E-state index is 12.8. The number of hydrogen-bond donors (Lipinski definition) is 1. The van der Waals surface area contributed by atoms with Crippen LogP contribution < -0.4 is 10.1 Å². The maximum absolute atomic E-state index is 12.8. The third-order valence-electron chi connectivity index (χ3n) is 4.67. The molecule has 1 heterocycles. The van der Waals surface area contributed by atoms with Crippen molar-refractivity contribution in [3.8, 4) is 5.75 Å². The molecule has 29 heavy (non-hydrogen) atoms. The van der Waals surface area contributed by atoms with Gasteiger partial charge in [0, 0.05) is 20.0 Å². The molecule has 6 nitrogen and oxygen atoms in total.